The molecule has 3 N–H and O–H groups in total. The number of aliphatic hydroxyl groups excluding tert-OH is 1. The van der Waals surface area contributed by atoms with Crippen molar-refractivity contribution in [2.75, 3.05) is 27.2 Å². The van der Waals surface area contributed by atoms with Gasteiger partial charge in [0.1, 0.15) is 11.3 Å². The smallest absolute Gasteiger partial charge is 0.277 e. The number of benzene rings is 2. The highest BCUT2D eigenvalue weighted by molar-refractivity contribution is 6.39. The standard InChI is InChI=1S/C36H39Cl2N7O4/c1-21(46)18-43(2)20-31-42-45-19-23(15-30(45)36(48)44(31)3)25-7-5-8-26(33(25)37)27-9-6-10-28(34(27)38)29-13-11-22(35(41-29)49-4)16-39-17-24-12-14-32(47)40-24/h5-11,13,15,19,21,24,39,46H,12,14,16-18,20H2,1-4H3,(H,40,47)/t21?,24-/m1/s1. The lowest BCUT2D eigenvalue weighted by Gasteiger charge is -2.19. The van der Waals surface area contributed by atoms with E-state index in [1.807, 2.05) is 60.5 Å². The van der Waals surface area contributed by atoms with Crippen molar-refractivity contribution in [3.05, 3.63) is 92.6 Å². The number of ether oxygens (including phenoxy) is 1. The second kappa shape index (κ2) is 14.7. The van der Waals surface area contributed by atoms with E-state index < -0.39 is 6.10 Å². The number of fused-ring (bicyclic) bond motifs is 1. The van der Waals surface area contributed by atoms with E-state index in [4.69, 9.17) is 38.0 Å². The van der Waals surface area contributed by atoms with Crippen LogP contribution < -0.4 is 20.9 Å². The Balaban J connectivity index is 1.28. The SMILES string of the molecule is COc1nc(-c2cccc(-c3cccc(-c4cc5c(=O)n(C)c(CN(C)CC(C)O)nn5c4)c3Cl)c2Cl)ccc1CNC[C@H]1CCC(=O)N1. The van der Waals surface area contributed by atoms with Gasteiger partial charge in [0.2, 0.25) is 11.8 Å². The van der Waals surface area contributed by atoms with Crippen LogP contribution in [0, 0.1) is 0 Å². The minimum Gasteiger partial charge on any atom is -0.481 e. The van der Waals surface area contributed by atoms with E-state index in [2.05, 4.69) is 10.6 Å². The van der Waals surface area contributed by atoms with E-state index in [-0.39, 0.29) is 17.5 Å². The highest BCUT2D eigenvalue weighted by Gasteiger charge is 2.21. The molecule has 0 radical (unpaired) electrons. The number of amides is 1. The summed E-state index contributed by atoms with van der Waals surface area (Å²) in [6, 6.07) is 17.3. The van der Waals surface area contributed by atoms with Crippen LogP contribution in [-0.4, -0.2) is 74.5 Å². The first-order valence-corrected chi connectivity index (χ1v) is 16.9. The summed E-state index contributed by atoms with van der Waals surface area (Å²) in [7, 11) is 5.16. The van der Waals surface area contributed by atoms with Crippen molar-refractivity contribution in [3.63, 3.8) is 0 Å². The predicted octanol–water partition coefficient (Wildman–Crippen LogP) is 4.93. The first kappa shape index (κ1) is 34.6. The van der Waals surface area contributed by atoms with Crippen molar-refractivity contribution in [1.82, 2.24) is 34.7 Å². The van der Waals surface area contributed by atoms with Crippen molar-refractivity contribution in [2.45, 2.75) is 45.0 Å². The van der Waals surface area contributed by atoms with Gasteiger partial charge in [-0.2, -0.15) is 5.10 Å². The van der Waals surface area contributed by atoms with E-state index in [9.17, 15) is 14.7 Å². The number of rotatable bonds is 12. The van der Waals surface area contributed by atoms with Gasteiger partial charge in [-0.15, -0.1) is 0 Å². The van der Waals surface area contributed by atoms with Crippen LogP contribution in [0.4, 0.5) is 0 Å². The monoisotopic (exact) mass is 703 g/mol. The molecule has 11 nitrogen and oxygen atoms in total. The number of aliphatic hydroxyl groups is 1. The maximum Gasteiger partial charge on any atom is 0.277 e. The zero-order valence-corrected chi connectivity index (χ0v) is 29.3. The van der Waals surface area contributed by atoms with Crippen molar-refractivity contribution in [3.8, 4) is 39.4 Å². The largest absolute Gasteiger partial charge is 0.481 e. The van der Waals surface area contributed by atoms with Crippen LogP contribution >= 0.6 is 23.2 Å². The average molecular weight is 705 g/mol. The van der Waals surface area contributed by atoms with E-state index in [0.717, 1.165) is 39.8 Å². The molecule has 6 rings (SSSR count). The molecule has 1 unspecified atom stereocenters. The van der Waals surface area contributed by atoms with Crippen molar-refractivity contribution in [2.24, 2.45) is 7.05 Å². The molecule has 1 fully saturated rings. The molecule has 2 atom stereocenters. The minimum absolute atomic E-state index is 0.0914. The molecule has 13 heteroatoms. The van der Waals surface area contributed by atoms with Gasteiger partial charge in [-0.1, -0.05) is 65.7 Å². The lowest BCUT2D eigenvalue weighted by molar-refractivity contribution is -0.119. The molecule has 1 aliphatic heterocycles. The van der Waals surface area contributed by atoms with Gasteiger partial charge in [-0.3, -0.25) is 19.1 Å². The molecule has 5 aromatic rings. The molecule has 1 aliphatic rings. The Hall–Kier alpha value is -4.26. The number of nitrogens with one attached hydrogen (secondary N) is 2. The van der Waals surface area contributed by atoms with Crippen LogP contribution in [0.25, 0.3) is 39.0 Å². The van der Waals surface area contributed by atoms with Crippen LogP contribution in [0.2, 0.25) is 10.0 Å². The van der Waals surface area contributed by atoms with Crippen LogP contribution in [0.3, 0.4) is 0 Å². The van der Waals surface area contributed by atoms with Gasteiger partial charge in [0.25, 0.3) is 5.56 Å². The summed E-state index contributed by atoms with van der Waals surface area (Å²) in [5.74, 6) is 1.15. The number of pyridine rings is 1. The number of aromatic nitrogens is 4. The fourth-order valence-corrected chi connectivity index (χ4v) is 6.92. The molecule has 3 aromatic heterocycles. The van der Waals surface area contributed by atoms with Gasteiger partial charge in [-0.25, -0.2) is 9.50 Å². The van der Waals surface area contributed by atoms with Crippen LogP contribution in [0.5, 0.6) is 5.88 Å². The third-order valence-electron chi connectivity index (χ3n) is 8.72. The molecule has 0 aliphatic carbocycles. The molecule has 256 valence electrons. The molecule has 2 aromatic carbocycles. The number of hydrogen-bond donors (Lipinski definition) is 3. The molecular formula is C36H39Cl2N7O4. The lowest BCUT2D eigenvalue weighted by Crippen LogP contribution is -2.35. The Bertz CT molecular complexity index is 2080. The Morgan fingerprint density at radius 3 is 2.45 bits per heavy atom. The molecule has 0 spiro atoms. The normalized spacial score (nSPS) is 15.3. The zero-order chi connectivity index (χ0) is 34.8. The van der Waals surface area contributed by atoms with E-state index in [1.165, 1.54) is 4.57 Å². The Labute approximate surface area is 294 Å². The minimum atomic E-state index is -0.501. The molecule has 1 saturated heterocycles. The van der Waals surface area contributed by atoms with Gasteiger partial charge >= 0.3 is 0 Å². The van der Waals surface area contributed by atoms with Crippen molar-refractivity contribution >= 4 is 34.6 Å². The summed E-state index contributed by atoms with van der Waals surface area (Å²) >= 11 is 14.2. The van der Waals surface area contributed by atoms with Gasteiger partial charge in [0.15, 0.2) is 0 Å². The molecule has 0 bridgehead atoms. The van der Waals surface area contributed by atoms with E-state index in [1.54, 1.807) is 37.9 Å². The number of methoxy groups -OCH3 is 1. The molecule has 0 saturated carbocycles. The van der Waals surface area contributed by atoms with Crippen LogP contribution in [0.1, 0.15) is 31.2 Å². The van der Waals surface area contributed by atoms with E-state index in [0.29, 0.717) is 65.6 Å². The summed E-state index contributed by atoms with van der Waals surface area (Å²) < 4.78 is 8.76. The van der Waals surface area contributed by atoms with Gasteiger partial charge in [-0.05, 0) is 32.5 Å². The van der Waals surface area contributed by atoms with Gasteiger partial charge in [0, 0.05) is 78.7 Å². The number of likely N-dealkylation sites (N-methyl/N-ethyl adjacent to an activating group) is 1. The number of hydrogen-bond acceptors (Lipinski definition) is 8. The number of carbonyl (C=O) groups is 1. The quantitative estimate of drug-likeness (QED) is 0.167. The average Bonchev–Trinajstić information content (AvgIpc) is 3.69. The first-order chi connectivity index (χ1) is 23.5. The van der Waals surface area contributed by atoms with Crippen LogP contribution in [0.15, 0.2) is 65.6 Å². The van der Waals surface area contributed by atoms with Crippen molar-refractivity contribution < 1.29 is 14.6 Å². The second-order valence-corrected chi connectivity index (χ2v) is 13.3. The maximum absolute atomic E-state index is 13.3. The number of halogens is 2. The highest BCUT2D eigenvalue weighted by atomic mass is 35.5. The Morgan fingerprint density at radius 2 is 1.78 bits per heavy atom. The third kappa shape index (κ3) is 7.36. The van der Waals surface area contributed by atoms with Gasteiger partial charge < -0.3 is 20.5 Å². The number of carbonyl (C=O) groups excluding carboxylic acids is 1. The fourth-order valence-electron chi connectivity index (χ4n) is 6.26. The summed E-state index contributed by atoms with van der Waals surface area (Å²) in [4.78, 5) is 31.5. The first-order valence-electron chi connectivity index (χ1n) is 16.1. The van der Waals surface area contributed by atoms with E-state index >= 15 is 0 Å². The molecule has 49 heavy (non-hydrogen) atoms. The predicted molar refractivity (Wildman–Crippen MR) is 192 cm³/mol. The summed E-state index contributed by atoms with van der Waals surface area (Å²) in [6.45, 7) is 3.77. The Kier molecular flexibility index (Phi) is 10.4. The highest BCUT2D eigenvalue weighted by Crippen LogP contribution is 2.42. The second-order valence-electron chi connectivity index (χ2n) is 12.5. The number of nitrogens with zero attached hydrogens (tertiary/aromatic N) is 5. The van der Waals surface area contributed by atoms with Gasteiger partial charge in [0.05, 0.1) is 35.5 Å². The molecule has 4 heterocycles. The fraction of sp³-hybridized carbons (Fsp3) is 0.333. The Morgan fingerprint density at radius 1 is 1.08 bits per heavy atom. The lowest BCUT2D eigenvalue weighted by atomic mass is 9.97. The molecular weight excluding hydrogens is 665 g/mol. The van der Waals surface area contributed by atoms with Crippen molar-refractivity contribution in [1.29, 1.82) is 0 Å². The summed E-state index contributed by atoms with van der Waals surface area (Å²) in [5, 5.41) is 21.8. The topological polar surface area (TPSA) is 126 Å². The maximum atomic E-state index is 13.3. The summed E-state index contributed by atoms with van der Waals surface area (Å²) in [6.07, 6.45) is 2.69. The molecule has 1 amide bonds. The van der Waals surface area contributed by atoms with Crippen LogP contribution in [-0.2, 0) is 24.9 Å². The summed E-state index contributed by atoms with van der Waals surface area (Å²) in [5.41, 5.74) is 5.44. The third-order valence-corrected chi connectivity index (χ3v) is 9.53. The zero-order valence-electron chi connectivity index (χ0n) is 27.8.